The van der Waals surface area contributed by atoms with E-state index in [-0.39, 0.29) is 17.5 Å². The van der Waals surface area contributed by atoms with Gasteiger partial charge in [0.05, 0.1) is 11.3 Å². The number of nitrogens with one attached hydrogen (secondary N) is 1. The molecule has 98 valence electrons. The molecule has 1 aromatic carbocycles. The highest BCUT2D eigenvalue weighted by Gasteiger charge is 2.09. The van der Waals surface area contributed by atoms with Crippen LogP contribution in [0.25, 0.3) is 0 Å². The third-order valence-electron chi connectivity index (χ3n) is 2.26. The number of hydrogen-bond acceptors (Lipinski definition) is 3. The highest BCUT2D eigenvalue weighted by atomic mass is 32.2. The number of carbonyl (C=O) groups is 2. The van der Waals surface area contributed by atoms with Crippen LogP contribution in [0.2, 0.25) is 0 Å². The summed E-state index contributed by atoms with van der Waals surface area (Å²) in [6, 6.07) is 5.30. The third kappa shape index (κ3) is 4.41. The molecule has 18 heavy (non-hydrogen) atoms. The van der Waals surface area contributed by atoms with E-state index < -0.39 is 5.97 Å². The van der Waals surface area contributed by atoms with Crippen LogP contribution in [0, 0.1) is 6.92 Å². The molecule has 0 atom stereocenters. The van der Waals surface area contributed by atoms with Crippen molar-refractivity contribution in [2.75, 3.05) is 5.75 Å². The van der Waals surface area contributed by atoms with Crippen molar-refractivity contribution in [3.8, 4) is 0 Å². The molecule has 0 aliphatic carbocycles. The molecule has 5 heteroatoms. The van der Waals surface area contributed by atoms with Crippen molar-refractivity contribution in [3.05, 3.63) is 29.3 Å². The second-order valence-electron chi connectivity index (χ2n) is 4.29. The monoisotopic (exact) mass is 267 g/mol. The van der Waals surface area contributed by atoms with Crippen LogP contribution in [0.15, 0.2) is 23.1 Å². The molecule has 0 heterocycles. The molecule has 0 radical (unpaired) electrons. The van der Waals surface area contributed by atoms with Crippen molar-refractivity contribution in [1.82, 2.24) is 5.32 Å². The first-order valence-electron chi connectivity index (χ1n) is 5.66. The summed E-state index contributed by atoms with van der Waals surface area (Å²) in [5.74, 6) is -0.700. The van der Waals surface area contributed by atoms with Gasteiger partial charge in [-0.05, 0) is 38.5 Å². The molecule has 0 unspecified atom stereocenters. The molecule has 0 fully saturated rings. The van der Waals surface area contributed by atoms with Crippen molar-refractivity contribution >= 4 is 23.6 Å². The summed E-state index contributed by atoms with van der Waals surface area (Å²) in [6.45, 7) is 5.55. The number of hydrogen-bond donors (Lipinski definition) is 2. The number of rotatable bonds is 5. The zero-order valence-electron chi connectivity index (χ0n) is 10.7. The van der Waals surface area contributed by atoms with Gasteiger partial charge in [-0.1, -0.05) is 6.07 Å². The Labute approximate surface area is 111 Å². The minimum Gasteiger partial charge on any atom is -0.478 e. The summed E-state index contributed by atoms with van der Waals surface area (Å²) in [6.07, 6.45) is 0. The first-order chi connectivity index (χ1) is 8.40. The van der Waals surface area contributed by atoms with Crippen molar-refractivity contribution in [3.63, 3.8) is 0 Å². The molecule has 0 aliphatic heterocycles. The largest absolute Gasteiger partial charge is 0.478 e. The summed E-state index contributed by atoms with van der Waals surface area (Å²) >= 11 is 1.34. The van der Waals surface area contributed by atoms with Crippen LogP contribution in [-0.2, 0) is 4.79 Å². The summed E-state index contributed by atoms with van der Waals surface area (Å²) < 4.78 is 0. The highest BCUT2D eigenvalue weighted by molar-refractivity contribution is 8.00. The lowest BCUT2D eigenvalue weighted by molar-refractivity contribution is -0.119. The van der Waals surface area contributed by atoms with Gasteiger partial charge in [-0.3, -0.25) is 4.79 Å². The SMILES string of the molecule is Cc1ccc(SCC(=O)NC(C)C)cc1C(=O)O. The van der Waals surface area contributed by atoms with Crippen LogP contribution >= 0.6 is 11.8 Å². The number of aromatic carboxylic acids is 1. The zero-order valence-corrected chi connectivity index (χ0v) is 11.5. The van der Waals surface area contributed by atoms with Gasteiger partial charge in [0, 0.05) is 10.9 Å². The predicted octanol–water partition coefficient (Wildman–Crippen LogP) is 2.31. The Morgan fingerprint density at radius 3 is 2.61 bits per heavy atom. The van der Waals surface area contributed by atoms with Gasteiger partial charge >= 0.3 is 5.97 Å². The van der Waals surface area contributed by atoms with Gasteiger partial charge in [0.1, 0.15) is 0 Å². The lowest BCUT2D eigenvalue weighted by atomic mass is 10.1. The Balaban J connectivity index is 2.66. The summed E-state index contributed by atoms with van der Waals surface area (Å²) in [4.78, 5) is 23.2. The highest BCUT2D eigenvalue weighted by Crippen LogP contribution is 2.21. The molecule has 0 bridgehead atoms. The molecule has 0 spiro atoms. The Morgan fingerprint density at radius 1 is 1.39 bits per heavy atom. The van der Waals surface area contributed by atoms with Crippen molar-refractivity contribution in [2.24, 2.45) is 0 Å². The number of benzene rings is 1. The van der Waals surface area contributed by atoms with E-state index in [0.29, 0.717) is 5.75 Å². The van der Waals surface area contributed by atoms with Gasteiger partial charge in [-0.2, -0.15) is 0 Å². The average Bonchev–Trinajstić information content (AvgIpc) is 2.26. The average molecular weight is 267 g/mol. The van der Waals surface area contributed by atoms with E-state index in [2.05, 4.69) is 5.32 Å². The molecular weight excluding hydrogens is 250 g/mol. The number of aryl methyl sites for hydroxylation is 1. The molecule has 1 amide bonds. The van der Waals surface area contributed by atoms with Gasteiger partial charge in [-0.15, -0.1) is 11.8 Å². The van der Waals surface area contributed by atoms with Gasteiger partial charge in [0.2, 0.25) is 5.91 Å². The van der Waals surface area contributed by atoms with E-state index in [0.717, 1.165) is 10.5 Å². The number of carbonyl (C=O) groups excluding carboxylic acids is 1. The molecular formula is C13H17NO3S. The van der Waals surface area contributed by atoms with Crippen LogP contribution in [0.4, 0.5) is 0 Å². The minimum atomic E-state index is -0.943. The molecule has 1 rings (SSSR count). The van der Waals surface area contributed by atoms with Crippen molar-refractivity contribution in [2.45, 2.75) is 31.7 Å². The molecule has 0 aliphatic rings. The van der Waals surface area contributed by atoms with Crippen LogP contribution in [0.5, 0.6) is 0 Å². The summed E-state index contributed by atoms with van der Waals surface area (Å²) in [5, 5.41) is 11.8. The Kier molecular flexibility index (Phi) is 5.22. The van der Waals surface area contributed by atoms with Gasteiger partial charge < -0.3 is 10.4 Å². The Bertz CT molecular complexity index is 458. The van der Waals surface area contributed by atoms with Crippen molar-refractivity contribution in [1.29, 1.82) is 0 Å². The Morgan fingerprint density at radius 2 is 2.06 bits per heavy atom. The van der Waals surface area contributed by atoms with Gasteiger partial charge in [-0.25, -0.2) is 4.79 Å². The fourth-order valence-corrected chi connectivity index (χ4v) is 2.18. The first kappa shape index (κ1) is 14.6. The first-order valence-corrected chi connectivity index (χ1v) is 6.65. The van der Waals surface area contributed by atoms with Crippen LogP contribution in [0.3, 0.4) is 0 Å². The second-order valence-corrected chi connectivity index (χ2v) is 5.34. The zero-order chi connectivity index (χ0) is 13.7. The fourth-order valence-electron chi connectivity index (χ4n) is 1.43. The van der Waals surface area contributed by atoms with Gasteiger partial charge in [0.25, 0.3) is 0 Å². The number of carboxylic acid groups (broad SMARTS) is 1. The minimum absolute atomic E-state index is 0.0487. The number of carboxylic acids is 1. The maximum atomic E-state index is 11.5. The molecule has 0 saturated heterocycles. The van der Waals surface area contributed by atoms with E-state index in [1.54, 1.807) is 19.1 Å². The molecule has 0 saturated carbocycles. The van der Waals surface area contributed by atoms with E-state index in [4.69, 9.17) is 5.11 Å². The third-order valence-corrected chi connectivity index (χ3v) is 3.25. The smallest absolute Gasteiger partial charge is 0.335 e. The Hall–Kier alpha value is -1.49. The van der Waals surface area contributed by atoms with Crippen LogP contribution < -0.4 is 5.32 Å². The molecule has 0 aromatic heterocycles. The topological polar surface area (TPSA) is 66.4 Å². The molecule has 4 nitrogen and oxygen atoms in total. The lowest BCUT2D eigenvalue weighted by Gasteiger charge is -2.08. The van der Waals surface area contributed by atoms with E-state index in [1.807, 2.05) is 19.9 Å². The lowest BCUT2D eigenvalue weighted by Crippen LogP contribution is -2.31. The van der Waals surface area contributed by atoms with Crippen LogP contribution in [-0.4, -0.2) is 28.8 Å². The van der Waals surface area contributed by atoms with E-state index >= 15 is 0 Å². The van der Waals surface area contributed by atoms with Gasteiger partial charge in [0.15, 0.2) is 0 Å². The fraction of sp³-hybridized carbons (Fsp3) is 0.385. The number of amides is 1. The quantitative estimate of drug-likeness (QED) is 0.803. The molecule has 2 N–H and O–H groups in total. The number of thioether (sulfide) groups is 1. The van der Waals surface area contributed by atoms with Crippen molar-refractivity contribution < 1.29 is 14.7 Å². The van der Waals surface area contributed by atoms with E-state index in [1.165, 1.54) is 11.8 Å². The maximum Gasteiger partial charge on any atom is 0.335 e. The standard InChI is InChI=1S/C13H17NO3S/c1-8(2)14-12(15)7-18-10-5-4-9(3)11(6-10)13(16)17/h4-6,8H,7H2,1-3H3,(H,14,15)(H,16,17). The van der Waals surface area contributed by atoms with E-state index in [9.17, 15) is 9.59 Å². The molecule has 1 aromatic rings. The maximum absolute atomic E-state index is 11.5. The van der Waals surface area contributed by atoms with Crippen LogP contribution in [0.1, 0.15) is 29.8 Å². The summed E-state index contributed by atoms with van der Waals surface area (Å²) in [7, 11) is 0. The normalized spacial score (nSPS) is 10.4. The predicted molar refractivity (Wildman–Crippen MR) is 72.1 cm³/mol. The second kappa shape index (κ2) is 6.44. The summed E-state index contributed by atoms with van der Waals surface area (Å²) in [5.41, 5.74) is 1.00.